The molecule has 1 saturated heterocycles. The second-order valence-electron chi connectivity index (χ2n) is 5.07. The third-order valence-corrected chi connectivity index (χ3v) is 3.53. The predicted molar refractivity (Wildman–Crippen MR) is 58.9 cm³/mol. The first-order valence-corrected chi connectivity index (χ1v) is 6.01. The van der Waals surface area contributed by atoms with Crippen LogP contribution < -0.4 is 5.32 Å². The lowest BCUT2D eigenvalue weighted by molar-refractivity contribution is -0.0485. The molecule has 1 N–H and O–H groups in total. The van der Waals surface area contributed by atoms with Crippen LogP contribution in [0.4, 0.5) is 8.78 Å². The average Bonchev–Trinajstić information content (AvgIpc) is 2.25. The average molecular weight is 229 g/mol. The Hall–Kier alpha value is -0.155. The van der Waals surface area contributed by atoms with Gasteiger partial charge >= 0.3 is 0 Å². The van der Waals surface area contributed by atoms with Crippen LogP contribution in [-0.4, -0.2) is 38.5 Å². The van der Waals surface area contributed by atoms with Gasteiger partial charge < -0.3 is 10.1 Å². The maximum absolute atomic E-state index is 13.0. The zero-order valence-electron chi connectivity index (χ0n) is 9.48. The van der Waals surface area contributed by atoms with Crippen molar-refractivity contribution < 1.29 is 13.5 Å². The van der Waals surface area contributed by atoms with Gasteiger partial charge in [-0.15, -0.1) is 0 Å². The van der Waals surface area contributed by atoms with Gasteiger partial charge in [-0.25, -0.2) is 8.78 Å². The van der Waals surface area contributed by atoms with E-state index in [0.717, 1.165) is 19.4 Å². The van der Waals surface area contributed by atoms with Crippen LogP contribution in [0.25, 0.3) is 0 Å². The lowest BCUT2D eigenvalue weighted by Crippen LogP contribution is -2.56. The van der Waals surface area contributed by atoms with Crippen LogP contribution in [0.3, 0.4) is 0 Å². The van der Waals surface area contributed by atoms with Crippen molar-refractivity contribution in [2.45, 2.75) is 55.9 Å². The molecule has 1 unspecified atom stereocenters. The van der Waals surface area contributed by atoms with Crippen molar-refractivity contribution in [3.63, 3.8) is 0 Å². The fourth-order valence-electron chi connectivity index (χ4n) is 2.47. The molecule has 5 heteroatoms. The Morgan fingerprint density at radius 2 is 1.88 bits per heavy atom. The highest BCUT2D eigenvalue weighted by atomic mass is 19.3. The molecule has 0 bridgehead atoms. The lowest BCUT2D eigenvalue weighted by Gasteiger charge is -2.42. The van der Waals surface area contributed by atoms with Crippen molar-refractivity contribution in [3.8, 4) is 0 Å². The molecule has 1 atom stereocenters. The van der Waals surface area contributed by atoms with Gasteiger partial charge in [0.05, 0.1) is 14.5 Å². The molecule has 0 aromatic carbocycles. The van der Waals surface area contributed by atoms with E-state index in [0.29, 0.717) is 19.4 Å². The summed E-state index contributed by atoms with van der Waals surface area (Å²) in [6.45, 7) is 1.45. The minimum atomic E-state index is -2.52. The van der Waals surface area contributed by atoms with Gasteiger partial charge in [-0.05, 0) is 31.1 Å². The van der Waals surface area contributed by atoms with E-state index in [1.165, 1.54) is 0 Å². The van der Waals surface area contributed by atoms with E-state index >= 15 is 0 Å². The van der Waals surface area contributed by atoms with Crippen LogP contribution in [0.15, 0.2) is 0 Å². The van der Waals surface area contributed by atoms with Gasteiger partial charge in [0.15, 0.2) is 0 Å². The molecule has 2 nitrogen and oxygen atoms in total. The zero-order chi connectivity index (χ0) is 11.6. The largest absolute Gasteiger partial charge is 0.380 e. The van der Waals surface area contributed by atoms with E-state index in [9.17, 15) is 8.78 Å². The van der Waals surface area contributed by atoms with Gasteiger partial charge in [0.25, 0.3) is 0 Å². The number of alkyl halides is 2. The number of rotatable bonds is 2. The molecular weight excluding hydrogens is 211 g/mol. The highest BCUT2D eigenvalue weighted by Gasteiger charge is 2.41. The van der Waals surface area contributed by atoms with Gasteiger partial charge in [0.1, 0.15) is 0 Å². The Labute approximate surface area is 96.5 Å². The molecule has 0 aromatic rings. The van der Waals surface area contributed by atoms with Crippen LogP contribution >= 0.6 is 0 Å². The Morgan fingerprint density at radius 1 is 1.19 bits per heavy atom. The summed E-state index contributed by atoms with van der Waals surface area (Å²) in [5, 5.41) is 3.29. The summed E-state index contributed by atoms with van der Waals surface area (Å²) in [7, 11) is 6.11. The minimum absolute atomic E-state index is 0.107. The Kier molecular flexibility index (Phi) is 3.55. The first-order chi connectivity index (χ1) is 7.49. The van der Waals surface area contributed by atoms with Gasteiger partial charge in [-0.1, -0.05) is 0 Å². The molecule has 1 heterocycles. The third-order valence-electron chi connectivity index (χ3n) is 3.53. The second-order valence-corrected chi connectivity index (χ2v) is 5.07. The monoisotopic (exact) mass is 229 g/mol. The normalized spacial score (nSPS) is 33.5. The number of ether oxygens (including phenoxy) is 1. The zero-order valence-corrected chi connectivity index (χ0v) is 9.48. The van der Waals surface area contributed by atoms with Crippen molar-refractivity contribution in [2.24, 2.45) is 0 Å². The first-order valence-electron chi connectivity index (χ1n) is 6.01. The van der Waals surface area contributed by atoms with Gasteiger partial charge in [0.2, 0.25) is 5.92 Å². The first kappa shape index (κ1) is 12.3. The highest BCUT2D eigenvalue weighted by Crippen LogP contribution is 2.37. The molecule has 1 saturated carbocycles. The highest BCUT2D eigenvalue weighted by molar-refractivity contribution is 6.15. The van der Waals surface area contributed by atoms with Crippen LogP contribution in [0.5, 0.6) is 0 Å². The molecular formula is C11H18BF2NO. The van der Waals surface area contributed by atoms with Crippen molar-refractivity contribution in [1.29, 1.82) is 0 Å². The molecule has 2 aliphatic rings. The van der Waals surface area contributed by atoms with E-state index in [2.05, 4.69) is 5.32 Å². The Bertz CT molecular complexity index is 234. The Balaban J connectivity index is 1.84. The van der Waals surface area contributed by atoms with E-state index in [1.54, 1.807) is 0 Å². The number of hydrogen-bond donors (Lipinski definition) is 1. The maximum Gasteiger partial charge on any atom is 0.248 e. The molecule has 16 heavy (non-hydrogen) atoms. The summed E-state index contributed by atoms with van der Waals surface area (Å²) in [6.07, 6.45) is 2.51. The molecule has 2 rings (SSSR count). The van der Waals surface area contributed by atoms with Gasteiger partial charge in [-0.3, -0.25) is 0 Å². The summed E-state index contributed by atoms with van der Waals surface area (Å²) >= 11 is 0. The van der Waals surface area contributed by atoms with E-state index in [1.807, 2.05) is 0 Å². The molecule has 0 amide bonds. The molecule has 2 radical (unpaired) electrons. The summed E-state index contributed by atoms with van der Waals surface area (Å²) < 4.78 is 31.4. The molecule has 90 valence electrons. The summed E-state index contributed by atoms with van der Waals surface area (Å²) in [4.78, 5) is 0. The standard InChI is InChI=1S/C11H18BF2NO/c12-10(3-5-11(13,14)6-4-10)15-9-2-1-7-16-8-9/h9,15H,1-8H2. The smallest absolute Gasteiger partial charge is 0.248 e. The fourth-order valence-corrected chi connectivity index (χ4v) is 2.47. The van der Waals surface area contributed by atoms with E-state index < -0.39 is 11.4 Å². The van der Waals surface area contributed by atoms with Crippen molar-refractivity contribution in [2.75, 3.05) is 13.2 Å². The second kappa shape index (κ2) is 4.61. The molecule has 0 spiro atoms. The number of hydrogen-bond acceptors (Lipinski definition) is 2. The molecule has 1 aliphatic carbocycles. The van der Waals surface area contributed by atoms with Gasteiger partial charge in [0, 0.05) is 25.5 Å². The number of halogens is 2. The van der Waals surface area contributed by atoms with E-state index in [4.69, 9.17) is 12.6 Å². The summed E-state index contributed by atoms with van der Waals surface area (Å²) in [6, 6.07) is 0.227. The van der Waals surface area contributed by atoms with Crippen LogP contribution in [0.2, 0.25) is 0 Å². The Morgan fingerprint density at radius 3 is 2.44 bits per heavy atom. The quantitative estimate of drug-likeness (QED) is 0.729. The summed E-state index contributed by atoms with van der Waals surface area (Å²) in [5.74, 6) is -2.52. The predicted octanol–water partition coefficient (Wildman–Crippen LogP) is 1.83. The molecule has 1 aliphatic heterocycles. The van der Waals surface area contributed by atoms with Crippen LogP contribution in [0, 0.1) is 0 Å². The lowest BCUT2D eigenvalue weighted by atomic mass is 9.66. The van der Waals surface area contributed by atoms with Crippen molar-refractivity contribution in [3.05, 3.63) is 0 Å². The number of nitrogens with one attached hydrogen (secondary N) is 1. The minimum Gasteiger partial charge on any atom is -0.380 e. The van der Waals surface area contributed by atoms with Crippen molar-refractivity contribution >= 4 is 7.85 Å². The third kappa shape index (κ3) is 3.17. The topological polar surface area (TPSA) is 21.3 Å². The summed E-state index contributed by atoms with van der Waals surface area (Å²) in [5.41, 5.74) is -0.618. The van der Waals surface area contributed by atoms with Crippen LogP contribution in [-0.2, 0) is 4.74 Å². The molecule has 0 aromatic heterocycles. The van der Waals surface area contributed by atoms with Crippen LogP contribution in [0.1, 0.15) is 38.5 Å². The fraction of sp³-hybridized carbons (Fsp3) is 1.00. The van der Waals surface area contributed by atoms with E-state index in [-0.39, 0.29) is 18.9 Å². The molecule has 2 fully saturated rings. The SMILES string of the molecule is [B]C1(NC2CCCOC2)CCC(F)(F)CC1. The van der Waals surface area contributed by atoms with Crippen molar-refractivity contribution in [1.82, 2.24) is 5.32 Å². The van der Waals surface area contributed by atoms with Gasteiger partial charge in [-0.2, -0.15) is 0 Å². The maximum atomic E-state index is 13.0.